The summed E-state index contributed by atoms with van der Waals surface area (Å²) in [6, 6.07) is 7.41. The van der Waals surface area contributed by atoms with E-state index in [1.165, 1.54) is 0 Å². The number of nitrogens with two attached hydrogens (primary N) is 1. The van der Waals surface area contributed by atoms with Gasteiger partial charge in [0.1, 0.15) is 0 Å². The van der Waals surface area contributed by atoms with Gasteiger partial charge in [0.15, 0.2) is 0 Å². The molecule has 0 aliphatic rings. The molecule has 84 valence electrons. The quantitative estimate of drug-likeness (QED) is 0.746. The van der Waals surface area contributed by atoms with Crippen molar-refractivity contribution in [3.05, 3.63) is 30.2 Å². The predicted molar refractivity (Wildman–Crippen MR) is 62.8 cm³/mol. The molecular formula is C12H15N3O. The summed E-state index contributed by atoms with van der Waals surface area (Å²) in [7, 11) is 0. The maximum absolute atomic E-state index is 5.70. The van der Waals surface area contributed by atoms with Crippen molar-refractivity contribution in [3.8, 4) is 11.5 Å². The second-order valence-electron chi connectivity index (χ2n) is 4.79. The molecule has 0 saturated carbocycles. The van der Waals surface area contributed by atoms with Crippen molar-refractivity contribution in [2.24, 2.45) is 0 Å². The fourth-order valence-electron chi connectivity index (χ4n) is 1.31. The van der Waals surface area contributed by atoms with Gasteiger partial charge in [-0.2, -0.15) is 0 Å². The van der Waals surface area contributed by atoms with Crippen molar-refractivity contribution in [2.45, 2.75) is 26.2 Å². The Morgan fingerprint density at radius 3 is 2.50 bits per heavy atom. The Labute approximate surface area is 94.5 Å². The molecule has 1 heterocycles. The minimum absolute atomic E-state index is 0.133. The van der Waals surface area contributed by atoms with Gasteiger partial charge in [0.05, 0.1) is 0 Å². The van der Waals surface area contributed by atoms with E-state index in [9.17, 15) is 0 Å². The fourth-order valence-corrected chi connectivity index (χ4v) is 1.31. The first-order chi connectivity index (χ1) is 7.47. The Balaban J connectivity index is 2.39. The summed E-state index contributed by atoms with van der Waals surface area (Å²) in [4.78, 5) is 0. The molecule has 4 heteroatoms. The van der Waals surface area contributed by atoms with E-state index in [1.807, 2.05) is 45.0 Å². The highest BCUT2D eigenvalue weighted by Gasteiger charge is 2.21. The van der Waals surface area contributed by atoms with Gasteiger partial charge in [0, 0.05) is 16.7 Å². The molecule has 2 N–H and O–H groups in total. The lowest BCUT2D eigenvalue weighted by Crippen LogP contribution is -2.11. The fraction of sp³-hybridized carbons (Fsp3) is 0.333. The van der Waals surface area contributed by atoms with Crippen molar-refractivity contribution < 1.29 is 4.42 Å². The van der Waals surface area contributed by atoms with Crippen molar-refractivity contribution in [1.29, 1.82) is 0 Å². The third kappa shape index (κ3) is 2.05. The molecule has 0 fully saturated rings. The Kier molecular flexibility index (Phi) is 2.42. The SMILES string of the molecule is CC(C)(C)c1nnc(-c2cccc(N)c2)o1. The second kappa shape index (κ2) is 3.63. The zero-order chi connectivity index (χ0) is 11.8. The lowest BCUT2D eigenvalue weighted by molar-refractivity contribution is 0.399. The van der Waals surface area contributed by atoms with Crippen LogP contribution < -0.4 is 5.73 Å². The van der Waals surface area contributed by atoms with Gasteiger partial charge in [-0.15, -0.1) is 10.2 Å². The van der Waals surface area contributed by atoms with E-state index in [1.54, 1.807) is 0 Å². The number of nitrogens with zero attached hydrogens (tertiary/aromatic N) is 2. The van der Waals surface area contributed by atoms with Crippen LogP contribution >= 0.6 is 0 Å². The summed E-state index contributed by atoms with van der Waals surface area (Å²) in [5, 5.41) is 8.06. The highest BCUT2D eigenvalue weighted by molar-refractivity contribution is 5.59. The van der Waals surface area contributed by atoms with E-state index in [2.05, 4.69) is 10.2 Å². The summed E-state index contributed by atoms with van der Waals surface area (Å²) in [5.74, 6) is 1.14. The largest absolute Gasteiger partial charge is 0.420 e. The van der Waals surface area contributed by atoms with Crippen molar-refractivity contribution in [1.82, 2.24) is 10.2 Å². The maximum atomic E-state index is 5.70. The molecule has 2 rings (SSSR count). The summed E-state index contributed by atoms with van der Waals surface area (Å²) in [5.41, 5.74) is 7.10. The van der Waals surface area contributed by atoms with Crippen LogP contribution in [0.3, 0.4) is 0 Å². The summed E-state index contributed by atoms with van der Waals surface area (Å²) >= 11 is 0. The molecule has 0 unspecified atom stereocenters. The monoisotopic (exact) mass is 217 g/mol. The zero-order valence-corrected chi connectivity index (χ0v) is 9.69. The number of rotatable bonds is 1. The van der Waals surface area contributed by atoms with Crippen molar-refractivity contribution >= 4 is 5.69 Å². The highest BCUT2D eigenvalue weighted by Crippen LogP contribution is 2.25. The van der Waals surface area contributed by atoms with Crippen molar-refractivity contribution in [3.63, 3.8) is 0 Å². The lowest BCUT2D eigenvalue weighted by Gasteiger charge is -2.10. The Hall–Kier alpha value is -1.84. The number of anilines is 1. The van der Waals surface area contributed by atoms with Crippen molar-refractivity contribution in [2.75, 3.05) is 5.73 Å². The molecule has 0 bridgehead atoms. The van der Waals surface area contributed by atoms with Crippen LogP contribution in [-0.2, 0) is 5.41 Å². The molecule has 0 aliphatic heterocycles. The molecule has 1 aromatic heterocycles. The van der Waals surface area contributed by atoms with Crippen LogP contribution in [0.2, 0.25) is 0 Å². The average Bonchev–Trinajstić information content (AvgIpc) is 2.65. The molecule has 0 radical (unpaired) electrons. The predicted octanol–water partition coefficient (Wildman–Crippen LogP) is 2.62. The molecule has 0 atom stereocenters. The van der Waals surface area contributed by atoms with Gasteiger partial charge in [-0.25, -0.2) is 0 Å². The Morgan fingerprint density at radius 2 is 1.94 bits per heavy atom. The van der Waals surface area contributed by atoms with Crippen LogP contribution in [-0.4, -0.2) is 10.2 Å². The highest BCUT2D eigenvalue weighted by atomic mass is 16.4. The number of aromatic nitrogens is 2. The minimum atomic E-state index is -0.133. The standard InChI is InChI=1S/C12H15N3O/c1-12(2,3)11-15-14-10(16-11)8-5-4-6-9(13)7-8/h4-7H,13H2,1-3H3. The summed E-state index contributed by atoms with van der Waals surface area (Å²) < 4.78 is 5.61. The molecule has 0 aliphatic carbocycles. The second-order valence-corrected chi connectivity index (χ2v) is 4.79. The molecule has 16 heavy (non-hydrogen) atoms. The smallest absolute Gasteiger partial charge is 0.247 e. The summed E-state index contributed by atoms with van der Waals surface area (Å²) in [6.07, 6.45) is 0. The van der Waals surface area contributed by atoms with Crippen LogP contribution in [0.15, 0.2) is 28.7 Å². The first-order valence-electron chi connectivity index (χ1n) is 5.17. The van der Waals surface area contributed by atoms with Crippen LogP contribution in [0.1, 0.15) is 26.7 Å². The van der Waals surface area contributed by atoms with E-state index < -0.39 is 0 Å². The Morgan fingerprint density at radius 1 is 1.19 bits per heavy atom. The van der Waals surface area contributed by atoms with Crippen LogP contribution in [0, 0.1) is 0 Å². The van der Waals surface area contributed by atoms with Gasteiger partial charge >= 0.3 is 0 Å². The van der Waals surface area contributed by atoms with E-state index >= 15 is 0 Å². The van der Waals surface area contributed by atoms with Crippen LogP contribution in [0.5, 0.6) is 0 Å². The molecular weight excluding hydrogens is 202 g/mol. The number of hydrogen-bond acceptors (Lipinski definition) is 4. The maximum Gasteiger partial charge on any atom is 0.247 e. The van der Waals surface area contributed by atoms with Gasteiger partial charge in [0.2, 0.25) is 11.8 Å². The average molecular weight is 217 g/mol. The third-order valence-corrected chi connectivity index (χ3v) is 2.20. The third-order valence-electron chi connectivity index (χ3n) is 2.20. The molecule has 1 aromatic carbocycles. The normalized spacial score (nSPS) is 11.7. The topological polar surface area (TPSA) is 64.9 Å². The van der Waals surface area contributed by atoms with Gasteiger partial charge < -0.3 is 10.2 Å². The van der Waals surface area contributed by atoms with Crippen LogP contribution in [0.25, 0.3) is 11.5 Å². The Bertz CT molecular complexity index is 497. The molecule has 0 amide bonds. The number of benzene rings is 1. The number of nitrogen functional groups attached to an aromatic ring is 1. The molecule has 4 nitrogen and oxygen atoms in total. The van der Waals surface area contributed by atoms with E-state index in [0.717, 1.165) is 5.56 Å². The zero-order valence-electron chi connectivity index (χ0n) is 9.69. The van der Waals surface area contributed by atoms with Gasteiger partial charge in [-0.1, -0.05) is 26.8 Å². The van der Waals surface area contributed by atoms with Gasteiger partial charge in [-0.3, -0.25) is 0 Å². The molecule has 2 aromatic rings. The molecule has 0 saturated heterocycles. The van der Waals surface area contributed by atoms with Gasteiger partial charge in [0.25, 0.3) is 0 Å². The molecule has 0 spiro atoms. The van der Waals surface area contributed by atoms with Gasteiger partial charge in [-0.05, 0) is 18.2 Å². The van der Waals surface area contributed by atoms with Crippen LogP contribution in [0.4, 0.5) is 5.69 Å². The van der Waals surface area contributed by atoms with E-state index in [4.69, 9.17) is 10.2 Å². The van der Waals surface area contributed by atoms with E-state index in [-0.39, 0.29) is 5.41 Å². The number of hydrogen-bond donors (Lipinski definition) is 1. The first kappa shape index (κ1) is 10.7. The summed E-state index contributed by atoms with van der Waals surface area (Å²) in [6.45, 7) is 6.09. The first-order valence-corrected chi connectivity index (χ1v) is 5.17. The lowest BCUT2D eigenvalue weighted by atomic mass is 9.97. The minimum Gasteiger partial charge on any atom is -0.420 e. The van der Waals surface area contributed by atoms with E-state index in [0.29, 0.717) is 17.5 Å².